The molecule has 1 aliphatic rings. The van der Waals surface area contributed by atoms with Crippen LogP contribution < -0.4 is 16.0 Å². The van der Waals surface area contributed by atoms with Crippen molar-refractivity contribution in [3.05, 3.63) is 64.8 Å². The SMILES string of the molecule is NC(=O)CN1C(=O)[C@H](NC(=O)c2cc3cc(Cl)ccc3[nH]2)Cc2ccccc21. The number of H-pyrrole nitrogens is 1. The van der Waals surface area contributed by atoms with E-state index in [1.54, 1.807) is 36.4 Å². The molecular weight excluding hydrogens is 380 g/mol. The Bertz CT molecular complexity index is 1110. The average molecular weight is 397 g/mol. The second-order valence-electron chi connectivity index (χ2n) is 6.66. The molecule has 0 unspecified atom stereocenters. The molecule has 1 aliphatic heterocycles. The maximum atomic E-state index is 12.9. The van der Waals surface area contributed by atoms with E-state index in [1.165, 1.54) is 4.90 Å². The number of para-hydroxylation sites is 1. The molecule has 0 fully saturated rings. The zero-order valence-electron chi connectivity index (χ0n) is 14.7. The number of primary amides is 1. The summed E-state index contributed by atoms with van der Waals surface area (Å²) in [5, 5.41) is 4.13. The summed E-state index contributed by atoms with van der Waals surface area (Å²) in [6, 6.07) is 13.4. The van der Waals surface area contributed by atoms with Gasteiger partial charge in [0.15, 0.2) is 0 Å². The van der Waals surface area contributed by atoms with Gasteiger partial charge in [0.25, 0.3) is 5.91 Å². The summed E-state index contributed by atoms with van der Waals surface area (Å²) < 4.78 is 0. The van der Waals surface area contributed by atoms with Crippen LogP contribution >= 0.6 is 11.6 Å². The number of amides is 3. The van der Waals surface area contributed by atoms with Crippen LogP contribution in [0.4, 0.5) is 5.69 Å². The van der Waals surface area contributed by atoms with Crippen molar-refractivity contribution in [2.45, 2.75) is 12.5 Å². The van der Waals surface area contributed by atoms with E-state index in [1.807, 2.05) is 12.1 Å². The van der Waals surface area contributed by atoms with E-state index in [-0.39, 0.29) is 12.5 Å². The van der Waals surface area contributed by atoms with Crippen molar-refractivity contribution >= 4 is 45.9 Å². The van der Waals surface area contributed by atoms with Crippen molar-refractivity contribution in [1.29, 1.82) is 0 Å². The number of hydrogen-bond acceptors (Lipinski definition) is 3. The maximum Gasteiger partial charge on any atom is 0.268 e. The topological polar surface area (TPSA) is 108 Å². The first-order valence-corrected chi connectivity index (χ1v) is 9.07. The third kappa shape index (κ3) is 3.32. The second-order valence-corrected chi connectivity index (χ2v) is 7.10. The van der Waals surface area contributed by atoms with Gasteiger partial charge in [-0.3, -0.25) is 14.4 Å². The zero-order valence-corrected chi connectivity index (χ0v) is 15.5. The Kier molecular flexibility index (Phi) is 4.52. The molecule has 0 bridgehead atoms. The number of hydrogen-bond donors (Lipinski definition) is 3. The molecule has 1 atom stereocenters. The van der Waals surface area contributed by atoms with Gasteiger partial charge in [0.1, 0.15) is 18.3 Å². The lowest BCUT2D eigenvalue weighted by Gasteiger charge is -2.33. The van der Waals surface area contributed by atoms with E-state index in [0.29, 0.717) is 22.8 Å². The van der Waals surface area contributed by atoms with Crippen molar-refractivity contribution in [3.63, 3.8) is 0 Å². The molecule has 142 valence electrons. The van der Waals surface area contributed by atoms with Gasteiger partial charge in [-0.2, -0.15) is 0 Å². The van der Waals surface area contributed by atoms with E-state index in [0.717, 1.165) is 16.5 Å². The quantitative estimate of drug-likeness (QED) is 0.627. The Morgan fingerprint density at radius 3 is 2.79 bits per heavy atom. The Hall–Kier alpha value is -3.32. The molecule has 0 spiro atoms. The molecule has 8 heteroatoms. The number of nitrogens with one attached hydrogen (secondary N) is 2. The Labute approximate surface area is 165 Å². The van der Waals surface area contributed by atoms with Crippen molar-refractivity contribution in [2.24, 2.45) is 5.73 Å². The summed E-state index contributed by atoms with van der Waals surface area (Å²) in [5.41, 5.74) is 7.89. The van der Waals surface area contributed by atoms with Crippen molar-refractivity contribution in [3.8, 4) is 0 Å². The number of aromatic nitrogens is 1. The van der Waals surface area contributed by atoms with Gasteiger partial charge in [0.2, 0.25) is 11.8 Å². The molecule has 0 radical (unpaired) electrons. The summed E-state index contributed by atoms with van der Waals surface area (Å²) in [5.74, 6) is -1.41. The number of rotatable bonds is 4. The van der Waals surface area contributed by atoms with Crippen LogP contribution in [0.5, 0.6) is 0 Å². The van der Waals surface area contributed by atoms with Gasteiger partial charge in [-0.05, 0) is 35.9 Å². The van der Waals surface area contributed by atoms with E-state index >= 15 is 0 Å². The second kappa shape index (κ2) is 7.01. The third-order valence-corrected chi connectivity index (χ3v) is 4.95. The fraction of sp³-hybridized carbons (Fsp3) is 0.150. The highest BCUT2D eigenvalue weighted by Gasteiger charge is 2.34. The van der Waals surface area contributed by atoms with Crippen LogP contribution in [0, 0.1) is 0 Å². The molecule has 1 aromatic heterocycles. The predicted molar refractivity (Wildman–Crippen MR) is 106 cm³/mol. The van der Waals surface area contributed by atoms with Gasteiger partial charge in [-0.25, -0.2) is 0 Å². The number of fused-ring (bicyclic) bond motifs is 2. The molecule has 4 N–H and O–H groups in total. The highest BCUT2D eigenvalue weighted by molar-refractivity contribution is 6.31. The largest absolute Gasteiger partial charge is 0.368 e. The zero-order chi connectivity index (χ0) is 19.8. The van der Waals surface area contributed by atoms with E-state index in [2.05, 4.69) is 10.3 Å². The molecule has 3 amide bonds. The van der Waals surface area contributed by atoms with Crippen LogP contribution in [0.1, 0.15) is 16.1 Å². The van der Waals surface area contributed by atoms with E-state index < -0.39 is 17.9 Å². The number of carbonyl (C=O) groups excluding carboxylic acids is 3. The first-order valence-electron chi connectivity index (χ1n) is 8.69. The summed E-state index contributed by atoms with van der Waals surface area (Å²) in [7, 11) is 0. The summed E-state index contributed by atoms with van der Waals surface area (Å²) >= 11 is 5.99. The Morgan fingerprint density at radius 1 is 1.21 bits per heavy atom. The minimum absolute atomic E-state index is 0.243. The normalized spacial score (nSPS) is 16.1. The summed E-state index contributed by atoms with van der Waals surface area (Å²) in [4.78, 5) is 41.4. The highest BCUT2D eigenvalue weighted by atomic mass is 35.5. The number of benzene rings is 2. The minimum atomic E-state index is -0.795. The minimum Gasteiger partial charge on any atom is -0.368 e. The first-order chi connectivity index (χ1) is 13.4. The van der Waals surface area contributed by atoms with Gasteiger partial charge in [0, 0.05) is 28.0 Å². The van der Waals surface area contributed by atoms with Crippen molar-refractivity contribution < 1.29 is 14.4 Å². The van der Waals surface area contributed by atoms with E-state index in [9.17, 15) is 14.4 Å². The number of anilines is 1. The monoisotopic (exact) mass is 396 g/mol. The maximum absolute atomic E-state index is 12.9. The lowest BCUT2D eigenvalue weighted by atomic mass is 9.97. The molecule has 4 rings (SSSR count). The van der Waals surface area contributed by atoms with Gasteiger partial charge in [0.05, 0.1) is 0 Å². The number of nitrogens with zero attached hydrogens (tertiary/aromatic N) is 1. The molecule has 0 aliphatic carbocycles. The van der Waals surface area contributed by atoms with Gasteiger partial charge in [-0.1, -0.05) is 29.8 Å². The Balaban J connectivity index is 1.60. The molecule has 3 aromatic rings. The highest BCUT2D eigenvalue weighted by Crippen LogP contribution is 2.28. The van der Waals surface area contributed by atoms with Crippen molar-refractivity contribution in [1.82, 2.24) is 10.3 Å². The number of carbonyl (C=O) groups is 3. The smallest absolute Gasteiger partial charge is 0.268 e. The predicted octanol–water partition coefficient (Wildman–Crippen LogP) is 1.99. The van der Waals surface area contributed by atoms with Crippen LogP contribution in [0.3, 0.4) is 0 Å². The fourth-order valence-electron chi connectivity index (χ4n) is 3.45. The molecule has 0 saturated carbocycles. The first kappa shape index (κ1) is 18.1. The standard InChI is InChI=1S/C20H17ClN4O3/c21-13-5-6-14-12(7-13)9-15(23-14)19(27)24-16-8-11-3-1-2-4-17(11)25(20(16)28)10-18(22)26/h1-7,9,16,23H,8,10H2,(H2,22,26)(H,24,27)/t16-/m1/s1. The molecule has 28 heavy (non-hydrogen) atoms. The van der Waals surface area contributed by atoms with Crippen LogP contribution in [0.15, 0.2) is 48.5 Å². The van der Waals surface area contributed by atoms with E-state index in [4.69, 9.17) is 17.3 Å². The Morgan fingerprint density at radius 2 is 2.00 bits per heavy atom. The summed E-state index contributed by atoms with van der Waals surface area (Å²) in [6.45, 7) is -0.243. The molecular formula is C20H17ClN4O3. The van der Waals surface area contributed by atoms with Crippen LogP contribution in [-0.2, 0) is 16.0 Å². The average Bonchev–Trinajstić information content (AvgIpc) is 3.08. The van der Waals surface area contributed by atoms with Crippen LogP contribution in [-0.4, -0.2) is 35.3 Å². The van der Waals surface area contributed by atoms with Gasteiger partial charge in [-0.15, -0.1) is 0 Å². The lowest BCUT2D eigenvalue weighted by molar-refractivity contribution is -0.123. The summed E-state index contributed by atoms with van der Waals surface area (Å²) in [6.07, 6.45) is 0.335. The molecule has 0 saturated heterocycles. The molecule has 2 aromatic carbocycles. The molecule has 2 heterocycles. The van der Waals surface area contributed by atoms with Gasteiger partial charge < -0.3 is 20.9 Å². The number of halogens is 1. The number of nitrogens with two attached hydrogens (primary N) is 1. The molecule has 7 nitrogen and oxygen atoms in total. The van der Waals surface area contributed by atoms with Gasteiger partial charge >= 0.3 is 0 Å². The van der Waals surface area contributed by atoms with Crippen LogP contribution in [0.25, 0.3) is 10.9 Å². The third-order valence-electron chi connectivity index (χ3n) is 4.72. The number of aromatic amines is 1. The van der Waals surface area contributed by atoms with Crippen molar-refractivity contribution in [2.75, 3.05) is 11.4 Å². The fourth-order valence-corrected chi connectivity index (χ4v) is 3.63. The van der Waals surface area contributed by atoms with Crippen LogP contribution in [0.2, 0.25) is 5.02 Å². The lowest BCUT2D eigenvalue weighted by Crippen LogP contribution is -2.54.